The number of phenolic OH excluding ortho intramolecular Hbond substituents is 1. The molecule has 0 aromatic heterocycles. The topological polar surface area (TPSA) is 206 Å². The van der Waals surface area contributed by atoms with Crippen LogP contribution in [0, 0.1) is 0 Å². The van der Waals surface area contributed by atoms with Gasteiger partial charge in [0.1, 0.15) is 23.4 Å². The fourth-order valence-electron chi connectivity index (χ4n) is 5.42. The zero-order chi connectivity index (χ0) is 30.3. The molecule has 2 aromatic rings. The lowest BCUT2D eigenvalue weighted by Gasteiger charge is -2.39. The van der Waals surface area contributed by atoms with Crippen LogP contribution in [0.4, 0.5) is 0 Å². The molecule has 2 aliphatic rings. The molecule has 1 aliphatic carbocycles. The van der Waals surface area contributed by atoms with Gasteiger partial charge in [-0.1, -0.05) is 36.4 Å². The number of aryl methyl sites for hydroxylation is 1. The van der Waals surface area contributed by atoms with Crippen LogP contribution in [0.25, 0.3) is 0 Å². The van der Waals surface area contributed by atoms with Crippen molar-refractivity contribution in [2.45, 2.75) is 75.0 Å². The van der Waals surface area contributed by atoms with Crippen molar-refractivity contribution < 1.29 is 29.1 Å². The zero-order valence-corrected chi connectivity index (χ0v) is 23.4. The minimum absolute atomic E-state index is 0.0190. The predicted octanol–water partition coefficient (Wildman–Crippen LogP) is -0.549. The van der Waals surface area contributed by atoms with Crippen molar-refractivity contribution in [3.05, 3.63) is 65.2 Å². The molecule has 1 fully saturated rings. The van der Waals surface area contributed by atoms with E-state index in [2.05, 4.69) is 21.3 Å². The molecule has 1 spiro atoms. The summed E-state index contributed by atoms with van der Waals surface area (Å²) in [6, 6.07) is 10.8. The number of hydrogen-bond acceptors (Lipinski definition) is 7. The lowest BCUT2D eigenvalue weighted by atomic mass is 9.76. The molecule has 2 aromatic carbocycles. The minimum Gasteiger partial charge on any atom is -0.508 e. The van der Waals surface area contributed by atoms with Gasteiger partial charge >= 0.3 is 0 Å². The zero-order valence-electron chi connectivity index (χ0n) is 23.4. The van der Waals surface area contributed by atoms with E-state index in [1.54, 1.807) is 12.1 Å². The van der Waals surface area contributed by atoms with Crippen LogP contribution >= 0.6 is 0 Å². The van der Waals surface area contributed by atoms with Crippen LogP contribution in [0.3, 0.4) is 0 Å². The molecular formula is C30H38N6O6. The molecule has 1 saturated heterocycles. The van der Waals surface area contributed by atoms with Crippen LogP contribution in [-0.2, 0) is 43.2 Å². The molecule has 0 saturated carbocycles. The van der Waals surface area contributed by atoms with Gasteiger partial charge < -0.3 is 37.8 Å². The number of aromatic hydroxyl groups is 1. The van der Waals surface area contributed by atoms with Crippen molar-refractivity contribution in [2.75, 3.05) is 6.54 Å². The van der Waals surface area contributed by atoms with E-state index >= 15 is 0 Å². The maximum atomic E-state index is 13.8. The summed E-state index contributed by atoms with van der Waals surface area (Å²) in [4.78, 5) is 65.3. The molecule has 0 unspecified atom stereocenters. The highest BCUT2D eigenvalue weighted by molar-refractivity contribution is 5.97. The first-order valence-corrected chi connectivity index (χ1v) is 14.2. The molecular weight excluding hydrogens is 540 g/mol. The standard InChI is InChI=1S/C30H38N6O6/c31-22(16-18-7-9-21(37)10-8-18)27(40)34-24-6-3-15-33-25(38)12-11-23(26(32)39)35-29(42)30(36-28(24)41)14-13-19-4-1-2-5-20(19)17-30/h1-2,4-5,7-10,22-24,37H,3,6,11-17,31H2,(H2,32,39)(H,33,38)(H,34,40)(H,35,42)(H,36,41)/t22-,23-,24+,30+/m0/s1. The Morgan fingerprint density at radius 1 is 1.02 bits per heavy atom. The molecule has 42 heavy (non-hydrogen) atoms. The van der Waals surface area contributed by atoms with E-state index in [1.165, 1.54) is 12.1 Å². The Morgan fingerprint density at radius 3 is 2.45 bits per heavy atom. The SMILES string of the molecule is NC(=O)[C@@H]1CCC(=O)NCCC[C@@H](NC(=O)[C@@H](N)Cc2ccc(O)cc2)C(=O)N[C@@]2(CCc3ccccc3C2)C(=O)N1. The Bertz CT molecular complexity index is 1330. The van der Waals surface area contributed by atoms with Gasteiger partial charge in [-0.3, -0.25) is 24.0 Å². The fourth-order valence-corrected chi connectivity index (χ4v) is 5.42. The normalized spacial score (nSPS) is 24.3. The van der Waals surface area contributed by atoms with E-state index in [9.17, 15) is 29.1 Å². The lowest BCUT2D eigenvalue weighted by Crippen LogP contribution is -2.66. The van der Waals surface area contributed by atoms with E-state index in [0.717, 1.165) is 16.7 Å². The van der Waals surface area contributed by atoms with Crippen molar-refractivity contribution in [3.63, 3.8) is 0 Å². The van der Waals surface area contributed by atoms with Crippen molar-refractivity contribution in [1.82, 2.24) is 21.3 Å². The van der Waals surface area contributed by atoms with E-state index in [0.29, 0.717) is 12.8 Å². The highest BCUT2D eigenvalue weighted by Gasteiger charge is 2.45. The Balaban J connectivity index is 1.59. The molecule has 0 radical (unpaired) electrons. The largest absolute Gasteiger partial charge is 0.508 e. The Hall–Kier alpha value is -4.45. The van der Waals surface area contributed by atoms with E-state index in [4.69, 9.17) is 11.5 Å². The van der Waals surface area contributed by atoms with Crippen LogP contribution < -0.4 is 32.7 Å². The summed E-state index contributed by atoms with van der Waals surface area (Å²) in [5.74, 6) is -2.74. The van der Waals surface area contributed by atoms with Gasteiger partial charge in [-0.25, -0.2) is 0 Å². The average Bonchev–Trinajstić information content (AvgIpc) is 2.96. The quantitative estimate of drug-likeness (QED) is 0.246. The lowest BCUT2D eigenvalue weighted by molar-refractivity contribution is -0.138. The maximum absolute atomic E-state index is 13.8. The molecule has 12 nitrogen and oxygen atoms in total. The Labute approximate surface area is 244 Å². The van der Waals surface area contributed by atoms with E-state index < -0.39 is 47.3 Å². The highest BCUT2D eigenvalue weighted by atomic mass is 16.3. The van der Waals surface area contributed by atoms with Crippen LogP contribution in [0.15, 0.2) is 48.5 Å². The average molecular weight is 579 g/mol. The minimum atomic E-state index is -1.41. The molecule has 9 N–H and O–H groups in total. The van der Waals surface area contributed by atoms with Gasteiger partial charge in [-0.2, -0.15) is 0 Å². The van der Waals surface area contributed by atoms with Crippen LogP contribution in [0.2, 0.25) is 0 Å². The van der Waals surface area contributed by atoms with Gasteiger partial charge in [0.15, 0.2) is 0 Å². The first-order valence-electron chi connectivity index (χ1n) is 14.2. The summed E-state index contributed by atoms with van der Waals surface area (Å²) in [5.41, 5.74) is 13.0. The van der Waals surface area contributed by atoms with Crippen molar-refractivity contribution in [2.24, 2.45) is 11.5 Å². The predicted molar refractivity (Wildman–Crippen MR) is 154 cm³/mol. The number of amides is 5. The van der Waals surface area contributed by atoms with Crippen molar-refractivity contribution in [3.8, 4) is 5.75 Å². The van der Waals surface area contributed by atoms with Crippen LogP contribution in [0.1, 0.15) is 48.8 Å². The first kappa shape index (κ1) is 30.5. The third kappa shape index (κ3) is 7.64. The van der Waals surface area contributed by atoms with Gasteiger partial charge in [0.25, 0.3) is 0 Å². The number of nitrogens with two attached hydrogens (primary N) is 2. The number of nitrogens with one attached hydrogen (secondary N) is 4. The van der Waals surface area contributed by atoms with Crippen LogP contribution in [0.5, 0.6) is 5.75 Å². The number of carbonyl (C=O) groups is 5. The van der Waals surface area contributed by atoms with Gasteiger partial charge in [0, 0.05) is 19.4 Å². The second-order valence-electron chi connectivity index (χ2n) is 11.0. The van der Waals surface area contributed by atoms with Gasteiger partial charge in [-0.05, 0) is 67.3 Å². The molecule has 1 aliphatic heterocycles. The van der Waals surface area contributed by atoms with E-state index in [1.807, 2.05) is 24.3 Å². The van der Waals surface area contributed by atoms with Crippen LogP contribution in [-0.4, -0.2) is 64.9 Å². The number of phenols is 1. The fraction of sp³-hybridized carbons (Fsp3) is 0.433. The monoisotopic (exact) mass is 578 g/mol. The van der Waals surface area contributed by atoms with E-state index in [-0.39, 0.29) is 56.7 Å². The van der Waals surface area contributed by atoms with Gasteiger partial charge in [0.2, 0.25) is 29.5 Å². The summed E-state index contributed by atoms with van der Waals surface area (Å²) >= 11 is 0. The maximum Gasteiger partial charge on any atom is 0.246 e. The molecule has 4 rings (SSSR count). The summed E-state index contributed by atoms with van der Waals surface area (Å²) in [6.45, 7) is 0.240. The Morgan fingerprint density at radius 2 is 1.74 bits per heavy atom. The molecule has 4 atom stereocenters. The smallest absolute Gasteiger partial charge is 0.246 e. The third-order valence-electron chi connectivity index (χ3n) is 7.89. The highest BCUT2D eigenvalue weighted by Crippen LogP contribution is 2.30. The number of rotatable bonds is 5. The molecule has 0 bridgehead atoms. The number of hydrogen-bond donors (Lipinski definition) is 7. The Kier molecular flexibility index (Phi) is 9.79. The van der Waals surface area contributed by atoms with Gasteiger partial charge in [0.05, 0.1) is 6.04 Å². The number of primary amides is 1. The molecule has 12 heteroatoms. The molecule has 1 heterocycles. The third-order valence-corrected chi connectivity index (χ3v) is 7.89. The second-order valence-corrected chi connectivity index (χ2v) is 11.0. The molecule has 224 valence electrons. The second kappa shape index (κ2) is 13.5. The summed E-state index contributed by atoms with van der Waals surface area (Å²) < 4.78 is 0. The number of fused-ring (bicyclic) bond motifs is 1. The van der Waals surface area contributed by atoms with Crippen molar-refractivity contribution >= 4 is 29.5 Å². The summed E-state index contributed by atoms with van der Waals surface area (Å²) in [7, 11) is 0. The van der Waals surface area contributed by atoms with Gasteiger partial charge in [-0.15, -0.1) is 0 Å². The number of benzene rings is 2. The first-order chi connectivity index (χ1) is 20.1. The molecule has 5 amide bonds. The summed E-state index contributed by atoms with van der Waals surface area (Å²) in [5, 5.41) is 20.6. The van der Waals surface area contributed by atoms with Crippen molar-refractivity contribution in [1.29, 1.82) is 0 Å². The summed E-state index contributed by atoms with van der Waals surface area (Å²) in [6.07, 6.45) is 1.65. The number of carbonyl (C=O) groups excluding carboxylic acids is 5.